The maximum Gasteiger partial charge on any atom is 0.179 e. The molecule has 0 aliphatic heterocycles. The molecule has 1 heterocycles. The first-order valence-corrected chi connectivity index (χ1v) is 5.68. The van der Waals surface area contributed by atoms with Gasteiger partial charge in [0, 0.05) is 5.56 Å². The van der Waals surface area contributed by atoms with Crippen LogP contribution in [0.1, 0.15) is 24.2 Å². The average molecular weight is 253 g/mol. The quantitative estimate of drug-likeness (QED) is 0.852. The first-order valence-electron chi connectivity index (χ1n) is 5.68. The van der Waals surface area contributed by atoms with E-state index >= 15 is 0 Å². The molecule has 18 heavy (non-hydrogen) atoms. The van der Waals surface area contributed by atoms with E-state index in [-0.39, 0.29) is 22.3 Å². The van der Waals surface area contributed by atoms with Crippen LogP contribution in [0.5, 0.6) is 0 Å². The minimum Gasteiger partial charge on any atom is -0.458 e. The van der Waals surface area contributed by atoms with Crippen molar-refractivity contribution in [3.8, 4) is 0 Å². The molecule has 5 heteroatoms. The maximum atomic E-state index is 13.6. The van der Waals surface area contributed by atoms with E-state index in [0.717, 1.165) is 12.3 Å². The highest BCUT2D eigenvalue weighted by Gasteiger charge is 2.19. The molecular weight excluding hydrogens is 240 g/mol. The third-order valence-corrected chi connectivity index (χ3v) is 2.77. The van der Waals surface area contributed by atoms with E-state index in [1.165, 1.54) is 6.07 Å². The molecule has 0 bridgehead atoms. The number of benzene rings is 1. The van der Waals surface area contributed by atoms with Crippen molar-refractivity contribution >= 4 is 16.8 Å². The number of hydrogen-bond acceptors (Lipinski definition) is 3. The van der Waals surface area contributed by atoms with Crippen LogP contribution in [0.2, 0.25) is 0 Å². The minimum absolute atomic E-state index is 0.0120. The molecule has 0 saturated heterocycles. The highest BCUT2D eigenvalue weighted by Crippen LogP contribution is 2.24. The number of carbonyl (C=O) groups excluding carboxylic acids is 1. The molecular formula is C13H13F2NO2. The zero-order valence-corrected chi connectivity index (χ0v) is 10.1. The molecule has 0 radical (unpaired) electrons. The second kappa shape index (κ2) is 4.86. The van der Waals surface area contributed by atoms with Crippen LogP contribution in [0, 0.1) is 11.6 Å². The summed E-state index contributed by atoms with van der Waals surface area (Å²) in [6.07, 6.45) is 0.829. The molecule has 1 aromatic carbocycles. The Morgan fingerprint density at radius 3 is 2.78 bits per heavy atom. The number of likely N-dealkylation sites (N-methyl/N-ethyl adjacent to an activating group) is 1. The van der Waals surface area contributed by atoms with Crippen LogP contribution in [0.3, 0.4) is 0 Å². The van der Waals surface area contributed by atoms with E-state index < -0.39 is 17.7 Å². The van der Waals surface area contributed by atoms with Crippen molar-refractivity contribution in [1.29, 1.82) is 0 Å². The van der Waals surface area contributed by atoms with Gasteiger partial charge in [-0.15, -0.1) is 0 Å². The van der Waals surface area contributed by atoms with Gasteiger partial charge < -0.3 is 9.73 Å². The number of hydrogen-bond donors (Lipinski definition) is 1. The Morgan fingerprint density at radius 2 is 2.11 bits per heavy atom. The molecule has 2 aromatic rings. The molecule has 2 rings (SSSR count). The average Bonchev–Trinajstić information content (AvgIpc) is 2.71. The van der Waals surface area contributed by atoms with Crippen LogP contribution < -0.4 is 5.32 Å². The largest absolute Gasteiger partial charge is 0.458 e. The van der Waals surface area contributed by atoms with Crippen LogP contribution in [0.4, 0.5) is 8.78 Å². The number of rotatable bonds is 4. The fourth-order valence-electron chi connectivity index (χ4n) is 1.86. The summed E-state index contributed by atoms with van der Waals surface area (Å²) in [6.45, 7) is 4.17. The molecule has 0 aliphatic rings. The van der Waals surface area contributed by atoms with Crippen LogP contribution in [0.25, 0.3) is 11.0 Å². The number of carbonyl (C=O) groups is 1. The molecule has 0 aliphatic carbocycles. The summed E-state index contributed by atoms with van der Waals surface area (Å²) in [5.41, 5.74) is -0.0334. The maximum absolute atomic E-state index is 13.6. The van der Waals surface area contributed by atoms with Gasteiger partial charge in [0.05, 0.1) is 11.4 Å². The van der Waals surface area contributed by atoms with Gasteiger partial charge in [0.25, 0.3) is 0 Å². The molecule has 1 atom stereocenters. The third-order valence-electron chi connectivity index (χ3n) is 2.77. The predicted molar refractivity (Wildman–Crippen MR) is 63.6 cm³/mol. The number of nitrogens with one attached hydrogen (secondary N) is 1. The number of furan rings is 1. The monoisotopic (exact) mass is 253 g/mol. The SMILES string of the molecule is CCN[C@@H](C)C(=O)c1cc(F)c2occ(F)c2c1. The van der Waals surface area contributed by atoms with Gasteiger partial charge in [-0.05, 0) is 25.6 Å². The number of halogens is 2. The van der Waals surface area contributed by atoms with Gasteiger partial charge >= 0.3 is 0 Å². The molecule has 0 spiro atoms. The summed E-state index contributed by atoms with van der Waals surface area (Å²) in [7, 11) is 0. The molecule has 3 nitrogen and oxygen atoms in total. The topological polar surface area (TPSA) is 42.2 Å². The minimum atomic E-state index is -0.733. The summed E-state index contributed by atoms with van der Waals surface area (Å²) in [5.74, 6) is -1.68. The lowest BCUT2D eigenvalue weighted by Crippen LogP contribution is -2.33. The van der Waals surface area contributed by atoms with Gasteiger partial charge in [0.1, 0.15) is 6.26 Å². The number of Topliss-reactive ketones (excluding diaryl/α,β-unsaturated/α-hetero) is 1. The highest BCUT2D eigenvalue weighted by atomic mass is 19.1. The van der Waals surface area contributed by atoms with Gasteiger partial charge in [-0.3, -0.25) is 4.79 Å². The number of ketones is 1. The Balaban J connectivity index is 2.45. The van der Waals surface area contributed by atoms with E-state index in [0.29, 0.717) is 6.54 Å². The lowest BCUT2D eigenvalue weighted by Gasteiger charge is -2.11. The molecule has 0 saturated carbocycles. The third kappa shape index (κ3) is 2.13. The van der Waals surface area contributed by atoms with Crippen molar-refractivity contribution in [2.45, 2.75) is 19.9 Å². The summed E-state index contributed by atoms with van der Waals surface area (Å²) in [5, 5.41) is 2.92. The van der Waals surface area contributed by atoms with Crippen molar-refractivity contribution in [1.82, 2.24) is 5.32 Å². The molecule has 1 aromatic heterocycles. The van der Waals surface area contributed by atoms with Gasteiger partial charge in [-0.2, -0.15) is 0 Å². The Kier molecular flexibility index (Phi) is 3.43. The van der Waals surface area contributed by atoms with Crippen molar-refractivity contribution in [3.63, 3.8) is 0 Å². The zero-order valence-electron chi connectivity index (χ0n) is 10.1. The van der Waals surface area contributed by atoms with Gasteiger partial charge in [-0.25, -0.2) is 8.78 Å². The number of fused-ring (bicyclic) bond motifs is 1. The summed E-state index contributed by atoms with van der Waals surface area (Å²) < 4.78 is 31.7. The molecule has 1 N–H and O–H groups in total. The van der Waals surface area contributed by atoms with Crippen molar-refractivity contribution in [2.75, 3.05) is 6.54 Å². The summed E-state index contributed by atoms with van der Waals surface area (Å²) in [4.78, 5) is 12.0. The standard InChI is InChI=1S/C13H13F2NO2/c1-3-16-7(2)12(17)8-4-9-11(15)6-18-13(9)10(14)5-8/h4-7,16H,3H2,1-2H3/t7-/m0/s1. The van der Waals surface area contributed by atoms with E-state index in [9.17, 15) is 13.6 Å². The van der Waals surface area contributed by atoms with E-state index in [1.807, 2.05) is 6.92 Å². The van der Waals surface area contributed by atoms with E-state index in [4.69, 9.17) is 4.42 Å². The molecule has 0 unspecified atom stereocenters. The van der Waals surface area contributed by atoms with Crippen molar-refractivity contribution < 1.29 is 18.0 Å². The van der Waals surface area contributed by atoms with Crippen LogP contribution >= 0.6 is 0 Å². The second-order valence-corrected chi connectivity index (χ2v) is 4.06. The van der Waals surface area contributed by atoms with E-state index in [1.54, 1.807) is 6.92 Å². The fraction of sp³-hybridized carbons (Fsp3) is 0.308. The van der Waals surface area contributed by atoms with Crippen LogP contribution in [0.15, 0.2) is 22.8 Å². The van der Waals surface area contributed by atoms with Gasteiger partial charge in [0.2, 0.25) is 0 Å². The Morgan fingerprint density at radius 1 is 1.39 bits per heavy atom. The second-order valence-electron chi connectivity index (χ2n) is 4.06. The Hall–Kier alpha value is -1.75. The van der Waals surface area contributed by atoms with Crippen LogP contribution in [-0.4, -0.2) is 18.4 Å². The summed E-state index contributed by atoms with van der Waals surface area (Å²) >= 11 is 0. The van der Waals surface area contributed by atoms with Crippen molar-refractivity contribution in [3.05, 3.63) is 35.6 Å². The zero-order chi connectivity index (χ0) is 13.3. The van der Waals surface area contributed by atoms with Gasteiger partial charge in [0.15, 0.2) is 23.0 Å². The summed E-state index contributed by atoms with van der Waals surface area (Å²) in [6, 6.07) is 1.94. The molecule has 96 valence electrons. The highest BCUT2D eigenvalue weighted by molar-refractivity contribution is 6.02. The smallest absolute Gasteiger partial charge is 0.179 e. The van der Waals surface area contributed by atoms with Gasteiger partial charge in [-0.1, -0.05) is 6.92 Å². The molecule has 0 amide bonds. The lowest BCUT2D eigenvalue weighted by molar-refractivity contribution is 0.0951. The molecule has 0 fully saturated rings. The normalized spacial score (nSPS) is 12.9. The van der Waals surface area contributed by atoms with E-state index in [2.05, 4.69) is 5.32 Å². The Labute approximate surface area is 103 Å². The lowest BCUT2D eigenvalue weighted by atomic mass is 10.0. The first kappa shape index (κ1) is 12.7. The Bertz CT molecular complexity index is 592. The van der Waals surface area contributed by atoms with Crippen LogP contribution in [-0.2, 0) is 0 Å². The van der Waals surface area contributed by atoms with Crippen molar-refractivity contribution in [2.24, 2.45) is 0 Å². The fourth-order valence-corrected chi connectivity index (χ4v) is 1.86. The predicted octanol–water partition coefficient (Wildman–Crippen LogP) is 2.89. The first-order chi connectivity index (χ1) is 8.54.